The topological polar surface area (TPSA) is 44.2 Å². The molecule has 4 nitrogen and oxygen atoms in total. The Hall–Kier alpha value is -2.88. The van der Waals surface area contributed by atoms with Crippen molar-refractivity contribution in [3.8, 4) is 23.3 Å². The predicted molar refractivity (Wildman–Crippen MR) is 84.5 cm³/mol. The molecular formula is C18H16N2O2. The van der Waals surface area contributed by atoms with E-state index < -0.39 is 0 Å². The molecule has 1 aromatic heterocycles. The minimum atomic E-state index is 0.452. The molecule has 0 saturated carbocycles. The molecule has 0 radical (unpaired) electrons. The van der Waals surface area contributed by atoms with Gasteiger partial charge in [-0.1, -0.05) is 36.4 Å². The highest BCUT2D eigenvalue weighted by Crippen LogP contribution is 2.27. The van der Waals surface area contributed by atoms with Crippen molar-refractivity contribution in [2.75, 3.05) is 0 Å². The molecule has 110 valence electrons. The first-order chi connectivity index (χ1) is 10.7. The van der Waals surface area contributed by atoms with E-state index in [0.717, 1.165) is 22.6 Å². The van der Waals surface area contributed by atoms with Crippen molar-refractivity contribution in [3.05, 3.63) is 72.1 Å². The van der Waals surface area contributed by atoms with Crippen LogP contribution in [0.15, 0.2) is 60.9 Å². The van der Waals surface area contributed by atoms with Gasteiger partial charge in [-0.25, -0.2) is 9.97 Å². The van der Waals surface area contributed by atoms with E-state index in [0.29, 0.717) is 11.8 Å². The van der Waals surface area contributed by atoms with E-state index in [1.165, 1.54) is 6.33 Å². The number of aryl methyl sites for hydroxylation is 2. The molecule has 1 heterocycles. The maximum absolute atomic E-state index is 5.79. The van der Waals surface area contributed by atoms with E-state index in [-0.39, 0.29) is 0 Å². The lowest BCUT2D eigenvalue weighted by molar-refractivity contribution is 0.430. The molecule has 0 aliphatic carbocycles. The molecule has 0 saturated heterocycles. The quantitative estimate of drug-likeness (QED) is 0.700. The van der Waals surface area contributed by atoms with Gasteiger partial charge in [0.2, 0.25) is 11.8 Å². The van der Waals surface area contributed by atoms with Crippen molar-refractivity contribution in [2.24, 2.45) is 0 Å². The molecule has 0 amide bonds. The standard InChI is InChI=1S/C18H16N2O2/c1-13-7-3-5-9-15(13)21-17-11-18(20-12-19-17)22-16-10-6-4-8-14(16)2/h3-12H,1-2H3. The fourth-order valence-electron chi connectivity index (χ4n) is 2.00. The Kier molecular flexibility index (Phi) is 4.01. The van der Waals surface area contributed by atoms with E-state index in [1.54, 1.807) is 6.07 Å². The number of rotatable bonds is 4. The molecule has 0 fully saturated rings. The van der Waals surface area contributed by atoms with Crippen molar-refractivity contribution in [1.82, 2.24) is 9.97 Å². The maximum Gasteiger partial charge on any atom is 0.226 e. The van der Waals surface area contributed by atoms with Gasteiger partial charge in [-0.3, -0.25) is 0 Å². The normalized spacial score (nSPS) is 10.3. The smallest absolute Gasteiger partial charge is 0.226 e. The maximum atomic E-state index is 5.79. The van der Waals surface area contributed by atoms with Crippen LogP contribution < -0.4 is 9.47 Å². The van der Waals surface area contributed by atoms with E-state index >= 15 is 0 Å². The average Bonchev–Trinajstić information content (AvgIpc) is 2.52. The molecule has 0 aliphatic heterocycles. The molecule has 4 heteroatoms. The summed E-state index contributed by atoms with van der Waals surface area (Å²) in [6.45, 7) is 3.97. The van der Waals surface area contributed by atoms with Gasteiger partial charge >= 0.3 is 0 Å². The molecule has 2 aromatic carbocycles. The van der Waals surface area contributed by atoms with Gasteiger partial charge in [-0.2, -0.15) is 0 Å². The van der Waals surface area contributed by atoms with E-state index in [1.807, 2.05) is 62.4 Å². The zero-order chi connectivity index (χ0) is 15.4. The molecule has 22 heavy (non-hydrogen) atoms. The third kappa shape index (κ3) is 3.23. The summed E-state index contributed by atoms with van der Waals surface area (Å²) in [5.74, 6) is 2.44. The average molecular weight is 292 g/mol. The number of hydrogen-bond donors (Lipinski definition) is 0. The molecule has 3 aromatic rings. The fraction of sp³-hybridized carbons (Fsp3) is 0.111. The largest absolute Gasteiger partial charge is 0.439 e. The monoisotopic (exact) mass is 292 g/mol. The van der Waals surface area contributed by atoms with Crippen molar-refractivity contribution >= 4 is 0 Å². The van der Waals surface area contributed by atoms with E-state index in [9.17, 15) is 0 Å². The molecule has 0 atom stereocenters. The third-order valence-corrected chi connectivity index (χ3v) is 3.23. The number of nitrogens with zero attached hydrogens (tertiary/aromatic N) is 2. The van der Waals surface area contributed by atoms with Crippen LogP contribution >= 0.6 is 0 Å². The first-order valence-electron chi connectivity index (χ1n) is 7.01. The van der Waals surface area contributed by atoms with Gasteiger partial charge in [0.05, 0.1) is 6.07 Å². The van der Waals surface area contributed by atoms with Crippen molar-refractivity contribution in [3.63, 3.8) is 0 Å². The second-order valence-corrected chi connectivity index (χ2v) is 4.93. The van der Waals surface area contributed by atoms with Crippen molar-refractivity contribution in [1.29, 1.82) is 0 Å². The molecule has 0 spiro atoms. The lowest BCUT2D eigenvalue weighted by Gasteiger charge is -2.10. The summed E-state index contributed by atoms with van der Waals surface area (Å²) < 4.78 is 11.6. The Morgan fingerprint density at radius 2 is 1.14 bits per heavy atom. The Balaban J connectivity index is 1.81. The van der Waals surface area contributed by atoms with E-state index in [4.69, 9.17) is 9.47 Å². The van der Waals surface area contributed by atoms with Crippen LogP contribution in [-0.4, -0.2) is 9.97 Å². The van der Waals surface area contributed by atoms with Gasteiger partial charge in [0, 0.05) is 0 Å². The second kappa shape index (κ2) is 6.26. The molecule has 3 rings (SSSR count). The highest BCUT2D eigenvalue weighted by atomic mass is 16.5. The molecular weight excluding hydrogens is 276 g/mol. The molecule has 0 N–H and O–H groups in total. The summed E-state index contributed by atoms with van der Waals surface area (Å²) in [7, 11) is 0. The molecule has 0 unspecified atom stereocenters. The van der Waals surface area contributed by atoms with Gasteiger partial charge in [0.1, 0.15) is 17.8 Å². The first kappa shape index (κ1) is 14.1. The van der Waals surface area contributed by atoms with Crippen LogP contribution in [0.3, 0.4) is 0 Å². The van der Waals surface area contributed by atoms with Crippen LogP contribution in [0, 0.1) is 13.8 Å². The van der Waals surface area contributed by atoms with Gasteiger partial charge in [-0.15, -0.1) is 0 Å². The summed E-state index contributed by atoms with van der Waals surface area (Å²) in [5.41, 5.74) is 2.09. The minimum absolute atomic E-state index is 0.452. The van der Waals surface area contributed by atoms with Crippen LogP contribution in [-0.2, 0) is 0 Å². The number of ether oxygens (including phenoxy) is 2. The van der Waals surface area contributed by atoms with Crippen LogP contribution in [0.2, 0.25) is 0 Å². The highest BCUT2D eigenvalue weighted by Gasteiger charge is 2.06. The molecule has 0 bridgehead atoms. The summed E-state index contributed by atoms with van der Waals surface area (Å²) >= 11 is 0. The fourth-order valence-corrected chi connectivity index (χ4v) is 2.00. The number of para-hydroxylation sites is 2. The third-order valence-electron chi connectivity index (χ3n) is 3.23. The van der Waals surface area contributed by atoms with Crippen LogP contribution in [0.5, 0.6) is 23.3 Å². The predicted octanol–water partition coefficient (Wildman–Crippen LogP) is 4.68. The highest BCUT2D eigenvalue weighted by molar-refractivity contribution is 5.37. The summed E-state index contributed by atoms with van der Waals surface area (Å²) in [6, 6.07) is 17.2. The van der Waals surface area contributed by atoms with Crippen molar-refractivity contribution in [2.45, 2.75) is 13.8 Å². The van der Waals surface area contributed by atoms with Gasteiger partial charge in [0.25, 0.3) is 0 Å². The Morgan fingerprint density at radius 3 is 1.59 bits per heavy atom. The zero-order valence-corrected chi connectivity index (χ0v) is 12.5. The number of aromatic nitrogens is 2. The second-order valence-electron chi connectivity index (χ2n) is 4.93. The van der Waals surface area contributed by atoms with Crippen molar-refractivity contribution < 1.29 is 9.47 Å². The van der Waals surface area contributed by atoms with Crippen LogP contribution in [0.1, 0.15) is 11.1 Å². The minimum Gasteiger partial charge on any atom is -0.439 e. The van der Waals surface area contributed by atoms with Crippen LogP contribution in [0.25, 0.3) is 0 Å². The summed E-state index contributed by atoms with van der Waals surface area (Å²) in [6.07, 6.45) is 1.43. The first-order valence-corrected chi connectivity index (χ1v) is 7.01. The Bertz CT molecular complexity index is 725. The summed E-state index contributed by atoms with van der Waals surface area (Å²) in [4.78, 5) is 8.25. The van der Waals surface area contributed by atoms with Gasteiger partial charge < -0.3 is 9.47 Å². The SMILES string of the molecule is Cc1ccccc1Oc1cc(Oc2ccccc2C)ncn1. The summed E-state index contributed by atoms with van der Waals surface area (Å²) in [5, 5.41) is 0. The van der Waals surface area contributed by atoms with Gasteiger partial charge in [-0.05, 0) is 37.1 Å². The van der Waals surface area contributed by atoms with Crippen LogP contribution in [0.4, 0.5) is 0 Å². The lowest BCUT2D eigenvalue weighted by Crippen LogP contribution is -1.94. The van der Waals surface area contributed by atoms with E-state index in [2.05, 4.69) is 9.97 Å². The van der Waals surface area contributed by atoms with Gasteiger partial charge in [0.15, 0.2) is 0 Å². The number of hydrogen-bond acceptors (Lipinski definition) is 4. The zero-order valence-electron chi connectivity index (χ0n) is 12.5. The molecule has 0 aliphatic rings. The number of benzene rings is 2. The Labute approximate surface area is 129 Å². The lowest BCUT2D eigenvalue weighted by atomic mass is 10.2. The Morgan fingerprint density at radius 1 is 0.682 bits per heavy atom.